The Hall–Kier alpha value is -2.15. The summed E-state index contributed by atoms with van der Waals surface area (Å²) in [6.45, 7) is 1.86. The van der Waals surface area contributed by atoms with Crippen LogP contribution in [0.25, 0.3) is 0 Å². The van der Waals surface area contributed by atoms with E-state index in [2.05, 4.69) is 0 Å². The molecule has 0 spiro atoms. The van der Waals surface area contributed by atoms with E-state index < -0.39 is 4.92 Å². The van der Waals surface area contributed by atoms with Gasteiger partial charge in [-0.2, -0.15) is 0 Å². The molecular weight excluding hydrogens is 262 g/mol. The van der Waals surface area contributed by atoms with Crippen molar-refractivity contribution in [1.29, 1.82) is 0 Å². The van der Waals surface area contributed by atoms with Gasteiger partial charge < -0.3 is 15.4 Å². The van der Waals surface area contributed by atoms with E-state index in [0.29, 0.717) is 31.1 Å². The number of nitro benzene ring substituents is 1. The molecule has 0 aromatic heterocycles. The molecular formula is C13H17N3O4. The normalized spacial score (nSPS) is 18.1. The van der Waals surface area contributed by atoms with Crippen LogP contribution in [0.3, 0.4) is 0 Å². The zero-order valence-corrected chi connectivity index (χ0v) is 11.2. The van der Waals surface area contributed by atoms with Crippen molar-refractivity contribution >= 4 is 11.6 Å². The largest absolute Gasteiger partial charge is 0.490 e. The standard InChI is InChI=1S/C13H17N3O4/c1-20-12-6-10(2-3-11(12)16(18)19)13(17)15-5-4-9(7-14)8-15/h2-3,6,9H,4-5,7-8,14H2,1H3. The van der Waals surface area contributed by atoms with Gasteiger partial charge in [0, 0.05) is 30.8 Å². The minimum atomic E-state index is -0.534. The van der Waals surface area contributed by atoms with E-state index in [9.17, 15) is 14.9 Å². The van der Waals surface area contributed by atoms with E-state index in [1.807, 2.05) is 0 Å². The number of nitrogens with zero attached hydrogens (tertiary/aromatic N) is 2. The Kier molecular flexibility index (Phi) is 4.19. The topological polar surface area (TPSA) is 98.7 Å². The lowest BCUT2D eigenvalue weighted by atomic mass is 10.1. The third kappa shape index (κ3) is 2.72. The number of nitro groups is 1. The van der Waals surface area contributed by atoms with Crippen LogP contribution >= 0.6 is 0 Å². The van der Waals surface area contributed by atoms with Gasteiger partial charge in [0.1, 0.15) is 0 Å². The first kappa shape index (κ1) is 14.3. The molecule has 2 N–H and O–H groups in total. The van der Waals surface area contributed by atoms with Gasteiger partial charge in [0.2, 0.25) is 0 Å². The van der Waals surface area contributed by atoms with E-state index in [0.717, 1.165) is 6.42 Å². The fourth-order valence-electron chi connectivity index (χ4n) is 2.35. The predicted octanol–water partition coefficient (Wildman–Crippen LogP) is 1.02. The monoisotopic (exact) mass is 279 g/mol. The molecule has 1 atom stereocenters. The lowest BCUT2D eigenvalue weighted by molar-refractivity contribution is -0.385. The molecule has 20 heavy (non-hydrogen) atoms. The first-order valence-electron chi connectivity index (χ1n) is 6.38. The Morgan fingerprint density at radius 3 is 2.90 bits per heavy atom. The van der Waals surface area contributed by atoms with Gasteiger partial charge in [0.15, 0.2) is 5.75 Å². The number of hydrogen-bond donors (Lipinski definition) is 1. The molecule has 7 nitrogen and oxygen atoms in total. The highest BCUT2D eigenvalue weighted by Gasteiger charge is 2.27. The van der Waals surface area contributed by atoms with Gasteiger partial charge in [0.25, 0.3) is 5.91 Å². The van der Waals surface area contributed by atoms with E-state index in [1.54, 1.807) is 4.90 Å². The second-order valence-electron chi connectivity index (χ2n) is 4.79. The maximum absolute atomic E-state index is 12.3. The molecule has 1 heterocycles. The number of rotatable bonds is 4. The molecule has 2 rings (SSSR count). The van der Waals surface area contributed by atoms with Gasteiger partial charge in [-0.1, -0.05) is 0 Å². The summed E-state index contributed by atoms with van der Waals surface area (Å²) in [5, 5.41) is 10.8. The van der Waals surface area contributed by atoms with E-state index in [1.165, 1.54) is 25.3 Å². The Morgan fingerprint density at radius 2 is 2.35 bits per heavy atom. The van der Waals surface area contributed by atoms with Crippen molar-refractivity contribution in [2.75, 3.05) is 26.7 Å². The molecule has 0 radical (unpaired) electrons. The van der Waals surface area contributed by atoms with Crippen LogP contribution in [0.4, 0.5) is 5.69 Å². The Morgan fingerprint density at radius 1 is 1.60 bits per heavy atom. The van der Waals surface area contributed by atoms with Crippen molar-refractivity contribution in [1.82, 2.24) is 4.90 Å². The van der Waals surface area contributed by atoms with Crippen molar-refractivity contribution in [3.05, 3.63) is 33.9 Å². The number of carbonyl (C=O) groups is 1. The van der Waals surface area contributed by atoms with Crippen LogP contribution in [0.2, 0.25) is 0 Å². The molecule has 108 valence electrons. The number of likely N-dealkylation sites (tertiary alicyclic amines) is 1. The average Bonchev–Trinajstić information content (AvgIpc) is 2.94. The number of methoxy groups -OCH3 is 1. The van der Waals surface area contributed by atoms with E-state index >= 15 is 0 Å². The first-order valence-corrected chi connectivity index (χ1v) is 6.38. The quantitative estimate of drug-likeness (QED) is 0.655. The fourth-order valence-corrected chi connectivity index (χ4v) is 2.35. The second kappa shape index (κ2) is 5.87. The predicted molar refractivity (Wildman–Crippen MR) is 72.7 cm³/mol. The highest BCUT2D eigenvalue weighted by molar-refractivity contribution is 5.95. The highest BCUT2D eigenvalue weighted by atomic mass is 16.6. The van der Waals surface area contributed by atoms with Crippen LogP contribution in [0, 0.1) is 16.0 Å². The minimum Gasteiger partial charge on any atom is -0.490 e. The Balaban J connectivity index is 2.21. The summed E-state index contributed by atoms with van der Waals surface area (Å²) in [6.07, 6.45) is 0.895. The molecule has 1 aromatic rings. The lowest BCUT2D eigenvalue weighted by Crippen LogP contribution is -2.29. The first-order chi connectivity index (χ1) is 9.56. The van der Waals surface area contributed by atoms with Crippen LogP contribution in [0.5, 0.6) is 5.75 Å². The summed E-state index contributed by atoms with van der Waals surface area (Å²) in [5.41, 5.74) is 5.85. The van der Waals surface area contributed by atoms with Crippen molar-refractivity contribution < 1.29 is 14.5 Å². The summed E-state index contributed by atoms with van der Waals surface area (Å²) >= 11 is 0. The third-order valence-corrected chi connectivity index (χ3v) is 3.53. The third-order valence-electron chi connectivity index (χ3n) is 3.53. The number of ether oxygens (including phenoxy) is 1. The van der Waals surface area contributed by atoms with Crippen LogP contribution in [0.1, 0.15) is 16.8 Å². The van der Waals surface area contributed by atoms with Gasteiger partial charge in [-0.05, 0) is 24.9 Å². The molecule has 1 unspecified atom stereocenters. The SMILES string of the molecule is COc1cc(C(=O)N2CCC(CN)C2)ccc1[N+](=O)[O-]. The van der Waals surface area contributed by atoms with Crippen LogP contribution < -0.4 is 10.5 Å². The van der Waals surface area contributed by atoms with E-state index in [4.69, 9.17) is 10.5 Å². The smallest absolute Gasteiger partial charge is 0.310 e. The number of hydrogen-bond acceptors (Lipinski definition) is 5. The van der Waals surface area contributed by atoms with Gasteiger partial charge in [-0.15, -0.1) is 0 Å². The maximum atomic E-state index is 12.3. The maximum Gasteiger partial charge on any atom is 0.310 e. The van der Waals surface area contributed by atoms with Gasteiger partial charge >= 0.3 is 5.69 Å². The second-order valence-corrected chi connectivity index (χ2v) is 4.79. The number of benzene rings is 1. The molecule has 1 fully saturated rings. The lowest BCUT2D eigenvalue weighted by Gasteiger charge is -2.16. The van der Waals surface area contributed by atoms with Crippen molar-refractivity contribution in [3.8, 4) is 5.75 Å². The van der Waals surface area contributed by atoms with Crippen molar-refractivity contribution in [3.63, 3.8) is 0 Å². The van der Waals surface area contributed by atoms with Crippen LogP contribution in [-0.4, -0.2) is 42.5 Å². The van der Waals surface area contributed by atoms with Gasteiger partial charge in [-0.3, -0.25) is 14.9 Å². The van der Waals surface area contributed by atoms with Crippen molar-refractivity contribution in [2.45, 2.75) is 6.42 Å². The van der Waals surface area contributed by atoms with Crippen LogP contribution in [0.15, 0.2) is 18.2 Å². The summed E-state index contributed by atoms with van der Waals surface area (Å²) in [5.74, 6) is 0.281. The van der Waals surface area contributed by atoms with E-state index in [-0.39, 0.29) is 17.3 Å². The molecule has 1 aliphatic rings. The number of amides is 1. The summed E-state index contributed by atoms with van der Waals surface area (Å²) in [7, 11) is 1.34. The minimum absolute atomic E-state index is 0.0930. The zero-order valence-electron chi connectivity index (χ0n) is 11.2. The zero-order chi connectivity index (χ0) is 14.7. The molecule has 1 saturated heterocycles. The fraction of sp³-hybridized carbons (Fsp3) is 0.462. The summed E-state index contributed by atoms with van der Waals surface area (Å²) in [6, 6.07) is 4.16. The molecule has 0 bridgehead atoms. The Labute approximate surface area is 116 Å². The highest BCUT2D eigenvalue weighted by Crippen LogP contribution is 2.28. The molecule has 7 heteroatoms. The molecule has 1 aromatic carbocycles. The number of carbonyl (C=O) groups excluding carboxylic acids is 1. The van der Waals surface area contributed by atoms with Crippen LogP contribution in [-0.2, 0) is 0 Å². The van der Waals surface area contributed by atoms with Gasteiger partial charge in [-0.25, -0.2) is 0 Å². The molecule has 1 amide bonds. The summed E-state index contributed by atoms with van der Waals surface area (Å²) < 4.78 is 4.97. The van der Waals surface area contributed by atoms with Crippen molar-refractivity contribution in [2.24, 2.45) is 11.7 Å². The Bertz CT molecular complexity index is 532. The van der Waals surface area contributed by atoms with Gasteiger partial charge in [0.05, 0.1) is 12.0 Å². The number of nitrogens with two attached hydrogens (primary N) is 1. The summed E-state index contributed by atoms with van der Waals surface area (Å²) in [4.78, 5) is 24.3. The molecule has 1 aliphatic heterocycles. The average molecular weight is 279 g/mol. The molecule has 0 aliphatic carbocycles. The molecule has 0 saturated carbocycles.